The molecule has 6 heteroatoms. The van der Waals surface area contributed by atoms with Crippen molar-refractivity contribution in [2.75, 3.05) is 0 Å². The number of ketones is 2. The van der Waals surface area contributed by atoms with E-state index in [1.807, 2.05) is 26.0 Å². The molecule has 0 bridgehead atoms. The van der Waals surface area contributed by atoms with Crippen LogP contribution >= 0.6 is 0 Å². The lowest BCUT2D eigenvalue weighted by atomic mass is 9.98. The zero-order chi connectivity index (χ0) is 27.1. The maximum atomic E-state index is 12.8. The van der Waals surface area contributed by atoms with Gasteiger partial charge >= 0.3 is 11.9 Å². The molecule has 0 saturated carbocycles. The minimum atomic E-state index is -0.903. The van der Waals surface area contributed by atoms with Gasteiger partial charge in [-0.05, 0) is 49.2 Å². The van der Waals surface area contributed by atoms with Crippen LogP contribution in [0.4, 0.5) is 0 Å². The average molecular weight is 507 g/mol. The fourth-order valence-corrected chi connectivity index (χ4v) is 4.10. The summed E-state index contributed by atoms with van der Waals surface area (Å²) in [6.07, 6.45) is -0.0425. The molecule has 4 rings (SSSR count). The monoisotopic (exact) mass is 506 g/mol. The number of aryl methyl sites for hydroxylation is 2. The molecule has 0 amide bonds. The summed E-state index contributed by atoms with van der Waals surface area (Å²) in [6.45, 7) is 3.79. The molecular weight excluding hydrogens is 480 g/mol. The van der Waals surface area contributed by atoms with Crippen molar-refractivity contribution >= 4 is 23.5 Å². The predicted octanol–water partition coefficient (Wildman–Crippen LogP) is 6.08. The minimum Gasteiger partial charge on any atom is -0.294 e. The van der Waals surface area contributed by atoms with E-state index in [0.29, 0.717) is 22.3 Å². The summed E-state index contributed by atoms with van der Waals surface area (Å²) in [6, 6.07) is 27.4. The van der Waals surface area contributed by atoms with Gasteiger partial charge in [-0.2, -0.15) is 0 Å². The molecule has 38 heavy (non-hydrogen) atoms. The van der Waals surface area contributed by atoms with Crippen LogP contribution in [0, 0.1) is 13.8 Å². The van der Waals surface area contributed by atoms with E-state index >= 15 is 0 Å². The van der Waals surface area contributed by atoms with Crippen molar-refractivity contribution in [2.45, 2.75) is 26.7 Å². The smallest absolute Gasteiger partial charge is 0.294 e. The van der Waals surface area contributed by atoms with Gasteiger partial charge in [0.05, 0.1) is 11.1 Å². The van der Waals surface area contributed by atoms with E-state index in [-0.39, 0.29) is 35.5 Å². The van der Waals surface area contributed by atoms with Crippen molar-refractivity contribution in [3.05, 3.63) is 142 Å². The lowest BCUT2D eigenvalue weighted by molar-refractivity contribution is -0.187. The highest BCUT2D eigenvalue weighted by molar-refractivity contribution is 6.01. The molecule has 0 unspecified atom stereocenters. The van der Waals surface area contributed by atoms with Crippen LogP contribution in [0.25, 0.3) is 0 Å². The summed E-state index contributed by atoms with van der Waals surface area (Å²) >= 11 is 0. The van der Waals surface area contributed by atoms with Crippen molar-refractivity contribution in [1.82, 2.24) is 0 Å². The first-order valence-electron chi connectivity index (χ1n) is 12.1. The van der Waals surface area contributed by atoms with Gasteiger partial charge in [0.25, 0.3) is 0 Å². The molecule has 0 aliphatic rings. The fourth-order valence-electron chi connectivity index (χ4n) is 4.10. The van der Waals surface area contributed by atoms with Crippen LogP contribution in [0.5, 0.6) is 0 Å². The first kappa shape index (κ1) is 26.2. The number of hydrogen-bond acceptors (Lipinski definition) is 6. The van der Waals surface area contributed by atoms with Gasteiger partial charge in [-0.3, -0.25) is 9.59 Å². The third-order valence-corrected chi connectivity index (χ3v) is 6.05. The standard InChI is InChI=1S/C32H26O6/c1-21-9-7-13-25(17-21)29(33)19-23-11-3-5-15-27(23)31(35)37-38-32(36)28-16-6-4-12-24(28)20-30(34)26-14-8-10-22(2)18-26/h3-18H,19-20H2,1-2H3. The van der Waals surface area contributed by atoms with Gasteiger partial charge in [-0.15, -0.1) is 0 Å². The lowest BCUT2D eigenvalue weighted by Gasteiger charge is -2.10. The Bertz CT molecular complexity index is 1400. The number of Topliss-reactive ketones (excluding diaryl/α,β-unsaturated/α-hetero) is 2. The third-order valence-electron chi connectivity index (χ3n) is 6.05. The van der Waals surface area contributed by atoms with Gasteiger partial charge in [0.1, 0.15) is 0 Å². The third kappa shape index (κ3) is 6.48. The topological polar surface area (TPSA) is 86.7 Å². The van der Waals surface area contributed by atoms with E-state index in [0.717, 1.165) is 11.1 Å². The van der Waals surface area contributed by atoms with Gasteiger partial charge in [-0.25, -0.2) is 19.4 Å². The maximum absolute atomic E-state index is 12.8. The van der Waals surface area contributed by atoms with Gasteiger partial charge in [0.15, 0.2) is 11.6 Å². The summed E-state index contributed by atoms with van der Waals surface area (Å²) < 4.78 is 0. The molecule has 0 heterocycles. The van der Waals surface area contributed by atoms with Crippen LogP contribution in [0.1, 0.15) is 63.7 Å². The summed E-state index contributed by atoms with van der Waals surface area (Å²) in [5.41, 5.74) is 4.11. The Kier molecular flexibility index (Phi) is 8.23. The van der Waals surface area contributed by atoms with E-state index in [1.165, 1.54) is 12.1 Å². The number of carbonyl (C=O) groups excluding carboxylic acids is 4. The molecule has 0 fully saturated rings. The van der Waals surface area contributed by atoms with E-state index in [2.05, 4.69) is 0 Å². The Morgan fingerprint density at radius 2 is 0.921 bits per heavy atom. The number of hydrogen-bond donors (Lipinski definition) is 0. The van der Waals surface area contributed by atoms with E-state index in [1.54, 1.807) is 72.8 Å². The van der Waals surface area contributed by atoms with Crippen LogP contribution < -0.4 is 0 Å². The fraction of sp³-hybridized carbons (Fsp3) is 0.125. The normalized spacial score (nSPS) is 10.5. The van der Waals surface area contributed by atoms with Crippen molar-refractivity contribution in [1.29, 1.82) is 0 Å². The molecule has 0 aliphatic carbocycles. The van der Waals surface area contributed by atoms with Crippen LogP contribution in [0.2, 0.25) is 0 Å². The molecule has 190 valence electrons. The van der Waals surface area contributed by atoms with Crippen molar-refractivity contribution in [2.24, 2.45) is 0 Å². The highest BCUT2D eigenvalue weighted by Crippen LogP contribution is 2.18. The molecule has 0 saturated heterocycles. The van der Waals surface area contributed by atoms with Gasteiger partial charge < -0.3 is 0 Å². The SMILES string of the molecule is Cc1cccc(C(=O)Cc2ccccc2C(=O)OOC(=O)c2ccccc2CC(=O)c2cccc(C)c2)c1. The summed E-state index contributed by atoms with van der Waals surface area (Å²) in [5.74, 6) is -2.12. The quantitative estimate of drug-likeness (QED) is 0.163. The van der Waals surface area contributed by atoms with Crippen LogP contribution in [0.3, 0.4) is 0 Å². The molecule has 4 aromatic carbocycles. The highest BCUT2D eigenvalue weighted by atomic mass is 17.2. The Labute approximate surface area is 220 Å². The second-order valence-corrected chi connectivity index (χ2v) is 8.99. The summed E-state index contributed by atoms with van der Waals surface area (Å²) in [7, 11) is 0. The van der Waals surface area contributed by atoms with Gasteiger partial charge in [0, 0.05) is 24.0 Å². The molecule has 6 nitrogen and oxygen atoms in total. The lowest BCUT2D eigenvalue weighted by Crippen LogP contribution is -2.16. The zero-order valence-electron chi connectivity index (χ0n) is 21.1. The Morgan fingerprint density at radius 1 is 0.526 bits per heavy atom. The summed E-state index contributed by atoms with van der Waals surface area (Å²) in [5, 5.41) is 0. The zero-order valence-corrected chi connectivity index (χ0v) is 21.1. The molecule has 0 aromatic heterocycles. The molecule has 0 spiro atoms. The van der Waals surface area contributed by atoms with Crippen LogP contribution in [0.15, 0.2) is 97.1 Å². The molecule has 0 N–H and O–H groups in total. The van der Waals surface area contributed by atoms with E-state index in [9.17, 15) is 19.2 Å². The maximum Gasteiger partial charge on any atom is 0.386 e. The largest absolute Gasteiger partial charge is 0.386 e. The molecule has 0 atom stereocenters. The van der Waals surface area contributed by atoms with Crippen LogP contribution in [-0.2, 0) is 22.6 Å². The molecule has 0 radical (unpaired) electrons. The Morgan fingerprint density at radius 3 is 1.32 bits per heavy atom. The number of benzene rings is 4. The van der Waals surface area contributed by atoms with Crippen molar-refractivity contribution in [3.63, 3.8) is 0 Å². The molecule has 4 aromatic rings. The van der Waals surface area contributed by atoms with E-state index < -0.39 is 11.9 Å². The second-order valence-electron chi connectivity index (χ2n) is 8.99. The molecular formula is C32H26O6. The highest BCUT2D eigenvalue weighted by Gasteiger charge is 2.21. The second kappa shape index (κ2) is 11.9. The Balaban J connectivity index is 1.44. The number of rotatable bonds is 8. The predicted molar refractivity (Wildman–Crippen MR) is 142 cm³/mol. The van der Waals surface area contributed by atoms with Crippen molar-refractivity contribution < 1.29 is 29.0 Å². The first-order valence-corrected chi connectivity index (χ1v) is 12.1. The first-order chi connectivity index (χ1) is 18.3. The molecule has 0 aliphatic heterocycles. The summed E-state index contributed by atoms with van der Waals surface area (Å²) in [4.78, 5) is 60.9. The van der Waals surface area contributed by atoms with Crippen LogP contribution in [-0.4, -0.2) is 23.5 Å². The average Bonchev–Trinajstić information content (AvgIpc) is 2.92. The Hall–Kier alpha value is -4.84. The minimum absolute atomic E-state index is 0.0213. The van der Waals surface area contributed by atoms with Gasteiger partial charge in [0.2, 0.25) is 0 Å². The van der Waals surface area contributed by atoms with Gasteiger partial charge in [-0.1, -0.05) is 83.9 Å². The number of carbonyl (C=O) groups is 4. The van der Waals surface area contributed by atoms with E-state index in [4.69, 9.17) is 9.78 Å². The van der Waals surface area contributed by atoms with Crippen molar-refractivity contribution in [3.8, 4) is 0 Å².